The smallest absolute Gasteiger partial charge is 0.257 e. The third kappa shape index (κ3) is 4.65. The van der Waals surface area contributed by atoms with E-state index in [9.17, 15) is 4.79 Å². The Bertz CT molecular complexity index is 1240. The van der Waals surface area contributed by atoms with Gasteiger partial charge in [0, 0.05) is 37.2 Å². The number of hydrogen-bond donors (Lipinski definition) is 0. The second kappa shape index (κ2) is 9.53. The molecule has 6 nitrogen and oxygen atoms in total. The Morgan fingerprint density at radius 2 is 2.03 bits per heavy atom. The molecule has 5 rings (SSSR count). The van der Waals surface area contributed by atoms with E-state index in [1.165, 1.54) is 5.52 Å². The Morgan fingerprint density at radius 1 is 1.12 bits per heavy atom. The number of fused-ring (bicyclic) bond motifs is 1. The number of rotatable bonds is 6. The molecule has 1 saturated heterocycles. The summed E-state index contributed by atoms with van der Waals surface area (Å²) in [7, 11) is 0. The fourth-order valence-electron chi connectivity index (χ4n) is 4.66. The molecule has 0 radical (unpaired) electrons. The van der Waals surface area contributed by atoms with Gasteiger partial charge in [-0.3, -0.25) is 9.78 Å². The summed E-state index contributed by atoms with van der Waals surface area (Å²) < 4.78 is 13.4. The second-order valence-corrected chi connectivity index (χ2v) is 8.83. The van der Waals surface area contributed by atoms with Gasteiger partial charge >= 0.3 is 0 Å². The number of benzene rings is 1. The van der Waals surface area contributed by atoms with Crippen LogP contribution in [-0.2, 0) is 13.0 Å². The van der Waals surface area contributed by atoms with Crippen molar-refractivity contribution < 1.29 is 13.9 Å². The van der Waals surface area contributed by atoms with Gasteiger partial charge in [-0.2, -0.15) is 0 Å². The number of nitrogens with zero attached hydrogens (tertiary/aromatic N) is 3. The Morgan fingerprint density at radius 3 is 2.91 bits per heavy atom. The lowest BCUT2D eigenvalue weighted by molar-refractivity contribution is 0.0755. The highest BCUT2D eigenvalue weighted by molar-refractivity contribution is 5.97. The third-order valence-corrected chi connectivity index (χ3v) is 6.61. The van der Waals surface area contributed by atoms with Gasteiger partial charge in [0.25, 0.3) is 5.91 Å². The number of hydrogen-bond acceptors (Lipinski definition) is 4. The Balaban J connectivity index is 1.25. The highest BCUT2D eigenvalue weighted by atomic mass is 16.5. The summed E-state index contributed by atoms with van der Waals surface area (Å²) >= 11 is 0. The van der Waals surface area contributed by atoms with Crippen LogP contribution in [0.1, 0.15) is 46.4 Å². The zero-order valence-corrected chi connectivity index (χ0v) is 18.9. The van der Waals surface area contributed by atoms with Gasteiger partial charge in [-0.1, -0.05) is 12.1 Å². The van der Waals surface area contributed by atoms with Crippen molar-refractivity contribution in [3.05, 3.63) is 89.9 Å². The molecule has 0 aliphatic carbocycles. The third-order valence-electron chi connectivity index (χ3n) is 6.61. The van der Waals surface area contributed by atoms with Crippen LogP contribution in [0.25, 0.3) is 5.52 Å². The van der Waals surface area contributed by atoms with Crippen LogP contribution in [0.4, 0.5) is 0 Å². The van der Waals surface area contributed by atoms with Gasteiger partial charge in [-0.05, 0) is 68.4 Å². The number of furan rings is 1. The summed E-state index contributed by atoms with van der Waals surface area (Å²) in [6.45, 7) is 3.89. The first kappa shape index (κ1) is 21.3. The predicted octanol–water partition coefficient (Wildman–Crippen LogP) is 5.30. The summed E-state index contributed by atoms with van der Waals surface area (Å²) in [5, 5.41) is 0. The van der Waals surface area contributed by atoms with E-state index in [0.717, 1.165) is 55.6 Å². The fourth-order valence-corrected chi connectivity index (χ4v) is 4.66. The molecule has 1 amide bonds. The molecule has 4 aromatic rings. The predicted molar refractivity (Wildman–Crippen MR) is 126 cm³/mol. The van der Waals surface area contributed by atoms with Crippen molar-refractivity contribution in [2.75, 3.05) is 13.1 Å². The molecule has 1 aromatic carbocycles. The number of carbonyl (C=O) groups excluding carboxylic acids is 1. The SMILES string of the molecule is Cc1cocc1COc1ccccc1C(=O)N1CCCC(Cc2nccn3cccc23)CC1. The molecular formula is C27H29N3O3. The van der Waals surface area contributed by atoms with Crippen LogP contribution in [-0.4, -0.2) is 33.3 Å². The van der Waals surface area contributed by atoms with Crippen LogP contribution in [0, 0.1) is 12.8 Å². The van der Waals surface area contributed by atoms with E-state index in [1.807, 2.05) is 48.5 Å². The van der Waals surface area contributed by atoms with Gasteiger partial charge in [-0.15, -0.1) is 0 Å². The fraction of sp³-hybridized carbons (Fsp3) is 0.333. The molecule has 1 aliphatic rings. The highest BCUT2D eigenvalue weighted by Crippen LogP contribution is 2.27. The molecule has 0 N–H and O–H groups in total. The maximum absolute atomic E-state index is 13.4. The van der Waals surface area contributed by atoms with Crippen LogP contribution >= 0.6 is 0 Å². The van der Waals surface area contributed by atoms with E-state index in [2.05, 4.69) is 27.7 Å². The van der Waals surface area contributed by atoms with E-state index < -0.39 is 0 Å². The summed E-state index contributed by atoms with van der Waals surface area (Å²) in [6, 6.07) is 11.7. The number of aromatic nitrogens is 2. The lowest BCUT2D eigenvalue weighted by Gasteiger charge is -2.22. The average molecular weight is 444 g/mol. The molecule has 4 heterocycles. The first-order chi connectivity index (χ1) is 16.2. The highest BCUT2D eigenvalue weighted by Gasteiger charge is 2.24. The lowest BCUT2D eigenvalue weighted by atomic mass is 9.95. The molecule has 170 valence electrons. The number of carbonyl (C=O) groups is 1. The van der Waals surface area contributed by atoms with Crippen molar-refractivity contribution in [3.8, 4) is 5.75 Å². The quantitative estimate of drug-likeness (QED) is 0.406. The first-order valence-corrected chi connectivity index (χ1v) is 11.6. The summed E-state index contributed by atoms with van der Waals surface area (Å²) in [4.78, 5) is 20.0. The zero-order chi connectivity index (χ0) is 22.6. The van der Waals surface area contributed by atoms with Gasteiger partial charge in [-0.25, -0.2) is 0 Å². The number of likely N-dealkylation sites (tertiary alicyclic amines) is 1. The van der Waals surface area contributed by atoms with Crippen molar-refractivity contribution in [2.45, 2.75) is 39.2 Å². The molecule has 1 fully saturated rings. The Kier molecular flexibility index (Phi) is 6.15. The Labute approximate surface area is 193 Å². The minimum Gasteiger partial charge on any atom is -0.488 e. The maximum Gasteiger partial charge on any atom is 0.257 e. The molecule has 1 aliphatic heterocycles. The van der Waals surface area contributed by atoms with Gasteiger partial charge in [0.1, 0.15) is 12.4 Å². The minimum atomic E-state index is 0.0435. The molecule has 0 bridgehead atoms. The number of amides is 1. The van der Waals surface area contributed by atoms with Crippen molar-refractivity contribution in [1.82, 2.24) is 14.3 Å². The number of aryl methyl sites for hydroxylation is 1. The van der Waals surface area contributed by atoms with Crippen molar-refractivity contribution >= 4 is 11.4 Å². The average Bonchev–Trinajstić information content (AvgIpc) is 3.42. The minimum absolute atomic E-state index is 0.0435. The molecule has 0 spiro atoms. The van der Waals surface area contributed by atoms with E-state index in [4.69, 9.17) is 9.15 Å². The van der Waals surface area contributed by atoms with Crippen molar-refractivity contribution in [2.24, 2.45) is 5.92 Å². The summed E-state index contributed by atoms with van der Waals surface area (Å²) in [5.41, 5.74) is 4.97. The van der Waals surface area contributed by atoms with Gasteiger partial charge in [0.15, 0.2) is 0 Å². The largest absolute Gasteiger partial charge is 0.488 e. The summed E-state index contributed by atoms with van der Waals surface area (Å²) in [6.07, 6.45) is 13.3. The maximum atomic E-state index is 13.4. The summed E-state index contributed by atoms with van der Waals surface area (Å²) in [5.74, 6) is 1.18. The molecular weight excluding hydrogens is 414 g/mol. The van der Waals surface area contributed by atoms with E-state index >= 15 is 0 Å². The van der Waals surface area contributed by atoms with Crippen LogP contribution in [0.15, 0.2) is 71.9 Å². The van der Waals surface area contributed by atoms with Crippen LogP contribution in [0.3, 0.4) is 0 Å². The molecule has 1 unspecified atom stereocenters. The van der Waals surface area contributed by atoms with Crippen LogP contribution in [0.5, 0.6) is 5.75 Å². The van der Waals surface area contributed by atoms with E-state index in [1.54, 1.807) is 12.5 Å². The monoisotopic (exact) mass is 443 g/mol. The number of ether oxygens (including phenoxy) is 1. The van der Waals surface area contributed by atoms with Crippen molar-refractivity contribution in [3.63, 3.8) is 0 Å². The van der Waals surface area contributed by atoms with Crippen LogP contribution in [0.2, 0.25) is 0 Å². The number of para-hydroxylation sites is 1. The zero-order valence-electron chi connectivity index (χ0n) is 18.9. The normalized spacial score (nSPS) is 16.6. The van der Waals surface area contributed by atoms with Crippen molar-refractivity contribution in [1.29, 1.82) is 0 Å². The molecule has 1 atom stereocenters. The van der Waals surface area contributed by atoms with Gasteiger partial charge in [0.05, 0.1) is 29.3 Å². The topological polar surface area (TPSA) is 60.0 Å². The Hall–Kier alpha value is -3.54. The molecule has 0 saturated carbocycles. The lowest BCUT2D eigenvalue weighted by Crippen LogP contribution is -2.32. The molecule has 6 heteroatoms. The molecule has 3 aromatic heterocycles. The first-order valence-electron chi connectivity index (χ1n) is 11.6. The van der Waals surface area contributed by atoms with Crippen LogP contribution < -0.4 is 4.74 Å². The standard InChI is InChI=1S/C27H29N3O3/c1-20-17-32-18-22(20)19-33-26-9-3-2-7-23(26)27(31)30-13-4-6-21(10-14-30)16-24-25-8-5-12-29(25)15-11-28-24/h2-3,5,7-9,11-12,15,17-18,21H,4,6,10,13-14,16,19H2,1H3. The van der Waals surface area contributed by atoms with E-state index in [-0.39, 0.29) is 5.91 Å². The van der Waals surface area contributed by atoms with E-state index in [0.29, 0.717) is 23.8 Å². The van der Waals surface area contributed by atoms with Gasteiger partial charge < -0.3 is 18.5 Å². The second-order valence-electron chi connectivity index (χ2n) is 8.83. The van der Waals surface area contributed by atoms with Gasteiger partial charge in [0.2, 0.25) is 0 Å². The molecule has 33 heavy (non-hydrogen) atoms.